The summed E-state index contributed by atoms with van der Waals surface area (Å²) in [6.45, 7) is 8.85. The molecule has 1 saturated heterocycles. The Morgan fingerprint density at radius 2 is 2.04 bits per heavy atom. The van der Waals surface area contributed by atoms with E-state index >= 15 is 0 Å². The van der Waals surface area contributed by atoms with Crippen molar-refractivity contribution in [3.8, 4) is 0 Å². The molecule has 0 aliphatic carbocycles. The Kier molecular flexibility index (Phi) is 5.67. The number of nitrogens with zero attached hydrogens (tertiary/aromatic N) is 4. The SMILES string of the molecule is CCn1ccnc(N[C@@H]2CN(C(=O)OC(C)(C)C)C[C@H]2c2ccccn2)c1=O. The minimum absolute atomic E-state index is 0.0785. The van der Waals surface area contributed by atoms with Crippen LogP contribution in [0.5, 0.6) is 0 Å². The number of aryl methyl sites for hydroxylation is 1. The fourth-order valence-corrected chi connectivity index (χ4v) is 3.29. The number of hydrogen-bond donors (Lipinski definition) is 1. The number of carbonyl (C=O) groups excluding carboxylic acids is 1. The van der Waals surface area contributed by atoms with Crippen LogP contribution in [0.4, 0.5) is 10.6 Å². The average molecular weight is 385 g/mol. The summed E-state index contributed by atoms with van der Waals surface area (Å²) in [4.78, 5) is 35.4. The smallest absolute Gasteiger partial charge is 0.410 e. The van der Waals surface area contributed by atoms with Gasteiger partial charge in [-0.05, 0) is 39.8 Å². The zero-order chi connectivity index (χ0) is 20.3. The topological polar surface area (TPSA) is 89.3 Å². The summed E-state index contributed by atoms with van der Waals surface area (Å²) in [5, 5.41) is 3.25. The van der Waals surface area contributed by atoms with E-state index in [0.29, 0.717) is 19.6 Å². The summed E-state index contributed by atoms with van der Waals surface area (Å²) >= 11 is 0. The van der Waals surface area contributed by atoms with Crippen molar-refractivity contribution >= 4 is 11.9 Å². The molecule has 2 atom stereocenters. The second-order valence-electron chi connectivity index (χ2n) is 7.86. The third-order valence-electron chi connectivity index (χ3n) is 4.62. The van der Waals surface area contributed by atoms with E-state index in [4.69, 9.17) is 4.74 Å². The summed E-state index contributed by atoms with van der Waals surface area (Å²) in [6, 6.07) is 5.50. The number of pyridine rings is 1. The first-order chi connectivity index (χ1) is 13.3. The number of rotatable bonds is 4. The van der Waals surface area contributed by atoms with E-state index in [9.17, 15) is 9.59 Å². The van der Waals surface area contributed by atoms with Crippen LogP contribution in [0.3, 0.4) is 0 Å². The molecule has 2 aromatic heterocycles. The molecule has 3 heterocycles. The molecule has 1 fully saturated rings. The number of nitrogens with one attached hydrogen (secondary N) is 1. The quantitative estimate of drug-likeness (QED) is 0.870. The van der Waals surface area contributed by atoms with Crippen molar-refractivity contribution < 1.29 is 9.53 Å². The predicted molar refractivity (Wildman–Crippen MR) is 106 cm³/mol. The number of anilines is 1. The fourth-order valence-electron chi connectivity index (χ4n) is 3.29. The fraction of sp³-hybridized carbons (Fsp3) is 0.500. The van der Waals surface area contributed by atoms with Crippen molar-refractivity contribution in [2.45, 2.75) is 51.8 Å². The Hall–Kier alpha value is -2.90. The number of ether oxygens (including phenoxy) is 1. The number of likely N-dealkylation sites (tertiary alicyclic amines) is 1. The minimum atomic E-state index is -0.571. The summed E-state index contributed by atoms with van der Waals surface area (Å²) in [7, 11) is 0. The molecule has 8 nitrogen and oxygen atoms in total. The first-order valence-electron chi connectivity index (χ1n) is 9.49. The molecule has 0 saturated carbocycles. The predicted octanol–water partition coefficient (Wildman–Crippen LogP) is 2.47. The molecule has 0 bridgehead atoms. The van der Waals surface area contributed by atoms with Gasteiger partial charge in [-0.3, -0.25) is 9.78 Å². The van der Waals surface area contributed by atoms with Gasteiger partial charge < -0.3 is 19.5 Å². The van der Waals surface area contributed by atoms with Gasteiger partial charge >= 0.3 is 6.09 Å². The van der Waals surface area contributed by atoms with Crippen LogP contribution >= 0.6 is 0 Å². The summed E-state index contributed by atoms with van der Waals surface area (Å²) in [5.41, 5.74) is 0.108. The Balaban J connectivity index is 1.86. The largest absolute Gasteiger partial charge is 0.444 e. The number of carbonyl (C=O) groups is 1. The Morgan fingerprint density at radius 3 is 2.68 bits per heavy atom. The monoisotopic (exact) mass is 385 g/mol. The van der Waals surface area contributed by atoms with Gasteiger partial charge in [-0.2, -0.15) is 0 Å². The van der Waals surface area contributed by atoms with Gasteiger partial charge in [-0.1, -0.05) is 6.07 Å². The van der Waals surface area contributed by atoms with Crippen molar-refractivity contribution in [1.29, 1.82) is 0 Å². The summed E-state index contributed by atoms with van der Waals surface area (Å²) in [6.07, 6.45) is 4.62. The molecule has 0 aromatic carbocycles. The summed E-state index contributed by atoms with van der Waals surface area (Å²) < 4.78 is 7.11. The Bertz CT molecular complexity index is 875. The van der Waals surface area contributed by atoms with Crippen LogP contribution in [0, 0.1) is 0 Å². The minimum Gasteiger partial charge on any atom is -0.444 e. The lowest BCUT2D eigenvalue weighted by atomic mass is 9.99. The van der Waals surface area contributed by atoms with Gasteiger partial charge in [0.05, 0.1) is 6.04 Å². The van der Waals surface area contributed by atoms with Gasteiger partial charge in [0.1, 0.15) is 5.60 Å². The van der Waals surface area contributed by atoms with Crippen molar-refractivity contribution in [2.24, 2.45) is 0 Å². The molecule has 0 unspecified atom stereocenters. The lowest BCUT2D eigenvalue weighted by Crippen LogP contribution is -2.37. The van der Waals surface area contributed by atoms with Crippen LogP contribution < -0.4 is 10.9 Å². The zero-order valence-corrected chi connectivity index (χ0v) is 16.8. The van der Waals surface area contributed by atoms with Crippen LogP contribution in [0.1, 0.15) is 39.3 Å². The molecule has 150 valence electrons. The highest BCUT2D eigenvalue weighted by Gasteiger charge is 2.39. The van der Waals surface area contributed by atoms with Crippen LogP contribution in [0.2, 0.25) is 0 Å². The third-order valence-corrected chi connectivity index (χ3v) is 4.62. The van der Waals surface area contributed by atoms with E-state index in [1.54, 1.807) is 28.1 Å². The highest BCUT2D eigenvalue weighted by atomic mass is 16.6. The van der Waals surface area contributed by atoms with E-state index in [2.05, 4.69) is 15.3 Å². The standard InChI is InChI=1S/C20H27N5O3/c1-5-24-11-10-22-17(18(24)26)23-16-13-25(19(27)28-20(2,3)4)12-14(16)15-8-6-7-9-21-15/h6-11,14,16H,5,12-13H2,1-4H3,(H,22,23)/t14-,16+/m0/s1. The second-order valence-corrected chi connectivity index (χ2v) is 7.86. The molecular weight excluding hydrogens is 358 g/mol. The highest BCUT2D eigenvalue weighted by molar-refractivity contribution is 5.69. The molecule has 1 amide bonds. The zero-order valence-electron chi connectivity index (χ0n) is 16.8. The van der Waals surface area contributed by atoms with Crippen LogP contribution in [-0.2, 0) is 11.3 Å². The maximum atomic E-state index is 12.6. The molecular formula is C20H27N5O3. The first kappa shape index (κ1) is 19.9. The van der Waals surface area contributed by atoms with E-state index < -0.39 is 5.60 Å². The van der Waals surface area contributed by atoms with Gasteiger partial charge in [-0.25, -0.2) is 9.78 Å². The lowest BCUT2D eigenvalue weighted by Gasteiger charge is -2.24. The maximum Gasteiger partial charge on any atom is 0.410 e. The van der Waals surface area contributed by atoms with E-state index in [-0.39, 0.29) is 29.4 Å². The number of aromatic nitrogens is 3. The molecule has 1 N–H and O–H groups in total. The van der Waals surface area contributed by atoms with Gasteiger partial charge in [0.2, 0.25) is 0 Å². The summed E-state index contributed by atoms with van der Waals surface area (Å²) in [5.74, 6) is 0.200. The third kappa shape index (κ3) is 4.49. The van der Waals surface area contributed by atoms with Crippen LogP contribution in [-0.4, -0.2) is 50.3 Å². The Labute approximate surface area is 164 Å². The molecule has 28 heavy (non-hydrogen) atoms. The van der Waals surface area contributed by atoms with Crippen LogP contribution in [0.25, 0.3) is 0 Å². The molecule has 0 spiro atoms. The molecule has 1 aliphatic heterocycles. The van der Waals surface area contributed by atoms with Gasteiger partial charge in [-0.15, -0.1) is 0 Å². The maximum absolute atomic E-state index is 12.6. The molecule has 3 rings (SSSR count). The van der Waals surface area contributed by atoms with Crippen molar-refractivity contribution in [3.63, 3.8) is 0 Å². The van der Waals surface area contributed by atoms with Crippen molar-refractivity contribution in [3.05, 3.63) is 52.8 Å². The van der Waals surface area contributed by atoms with E-state index in [0.717, 1.165) is 5.69 Å². The molecule has 1 aliphatic rings. The lowest BCUT2D eigenvalue weighted by molar-refractivity contribution is 0.0291. The molecule has 0 radical (unpaired) electrons. The van der Waals surface area contributed by atoms with Crippen molar-refractivity contribution in [1.82, 2.24) is 19.4 Å². The number of hydrogen-bond acceptors (Lipinski definition) is 6. The molecule has 2 aromatic rings. The average Bonchev–Trinajstić information content (AvgIpc) is 3.07. The first-order valence-corrected chi connectivity index (χ1v) is 9.49. The highest BCUT2D eigenvalue weighted by Crippen LogP contribution is 2.29. The molecule has 8 heteroatoms. The Morgan fingerprint density at radius 1 is 1.25 bits per heavy atom. The second kappa shape index (κ2) is 8.00. The van der Waals surface area contributed by atoms with Crippen molar-refractivity contribution in [2.75, 3.05) is 18.4 Å². The normalized spacial score (nSPS) is 19.5. The van der Waals surface area contributed by atoms with Gasteiger partial charge in [0.15, 0.2) is 5.82 Å². The number of amides is 1. The van der Waals surface area contributed by atoms with Crippen LogP contribution in [0.15, 0.2) is 41.6 Å². The van der Waals surface area contributed by atoms with Gasteiger partial charge in [0, 0.05) is 49.8 Å². The van der Waals surface area contributed by atoms with E-state index in [1.807, 2.05) is 45.9 Å². The van der Waals surface area contributed by atoms with Gasteiger partial charge in [0.25, 0.3) is 5.56 Å². The van der Waals surface area contributed by atoms with E-state index in [1.165, 1.54) is 0 Å².